The largest absolute Gasteiger partial charge is 0.377 e. The van der Waals surface area contributed by atoms with Crippen LogP contribution < -0.4 is 4.90 Å². The molecule has 0 radical (unpaired) electrons. The third-order valence-electron chi connectivity index (χ3n) is 2.47. The van der Waals surface area contributed by atoms with E-state index in [-0.39, 0.29) is 0 Å². The molecule has 0 saturated heterocycles. The van der Waals surface area contributed by atoms with Crippen molar-refractivity contribution in [3.63, 3.8) is 0 Å². The highest BCUT2D eigenvalue weighted by molar-refractivity contribution is 6.03. The van der Waals surface area contributed by atoms with Crippen molar-refractivity contribution in [2.24, 2.45) is 7.05 Å². The topological polar surface area (TPSA) is 38.1 Å². The van der Waals surface area contributed by atoms with Crippen LogP contribution in [0.3, 0.4) is 0 Å². The SMILES string of the molecule is CN(C)c1ccnc2c1c(C=O)cn2C. The van der Waals surface area contributed by atoms with E-state index in [1.54, 1.807) is 12.4 Å². The van der Waals surface area contributed by atoms with Gasteiger partial charge in [-0.2, -0.15) is 0 Å². The Hall–Kier alpha value is -1.84. The lowest BCUT2D eigenvalue weighted by Gasteiger charge is -2.13. The van der Waals surface area contributed by atoms with Crippen molar-refractivity contribution in [3.05, 3.63) is 24.0 Å². The normalized spacial score (nSPS) is 10.6. The molecule has 0 aliphatic carbocycles. The average Bonchev–Trinajstić information content (AvgIpc) is 2.55. The number of nitrogens with zero attached hydrogens (tertiary/aromatic N) is 3. The smallest absolute Gasteiger partial charge is 0.152 e. The minimum absolute atomic E-state index is 0.685. The summed E-state index contributed by atoms with van der Waals surface area (Å²) in [6.07, 6.45) is 4.43. The van der Waals surface area contributed by atoms with Crippen LogP contribution in [0, 0.1) is 0 Å². The van der Waals surface area contributed by atoms with Crippen molar-refractivity contribution in [1.29, 1.82) is 0 Å². The molecule has 0 fully saturated rings. The molecule has 0 aliphatic heterocycles. The van der Waals surface area contributed by atoms with Crippen molar-refractivity contribution in [2.45, 2.75) is 0 Å². The Bertz CT molecular complexity index is 514. The molecule has 0 atom stereocenters. The number of pyridine rings is 1. The van der Waals surface area contributed by atoms with E-state index >= 15 is 0 Å². The first kappa shape index (κ1) is 9.71. The molecule has 2 aromatic rings. The van der Waals surface area contributed by atoms with E-state index in [9.17, 15) is 4.79 Å². The molecule has 15 heavy (non-hydrogen) atoms. The maximum atomic E-state index is 10.9. The van der Waals surface area contributed by atoms with Gasteiger partial charge in [0.2, 0.25) is 0 Å². The summed E-state index contributed by atoms with van der Waals surface area (Å²) in [4.78, 5) is 17.2. The van der Waals surface area contributed by atoms with Crippen molar-refractivity contribution in [2.75, 3.05) is 19.0 Å². The first-order chi connectivity index (χ1) is 7.15. The van der Waals surface area contributed by atoms with Gasteiger partial charge in [0, 0.05) is 44.8 Å². The zero-order valence-corrected chi connectivity index (χ0v) is 9.06. The van der Waals surface area contributed by atoms with E-state index in [1.807, 2.05) is 36.7 Å². The molecule has 0 amide bonds. The van der Waals surface area contributed by atoms with Crippen molar-refractivity contribution < 1.29 is 4.79 Å². The number of aryl methyl sites for hydroxylation is 1. The van der Waals surface area contributed by atoms with Gasteiger partial charge in [-0.05, 0) is 6.07 Å². The van der Waals surface area contributed by atoms with Gasteiger partial charge in [-0.15, -0.1) is 0 Å². The number of aldehydes is 1. The lowest BCUT2D eigenvalue weighted by atomic mass is 10.2. The van der Waals surface area contributed by atoms with E-state index < -0.39 is 0 Å². The summed E-state index contributed by atoms with van der Waals surface area (Å²) < 4.78 is 1.87. The number of hydrogen-bond acceptors (Lipinski definition) is 3. The minimum Gasteiger partial charge on any atom is -0.377 e. The number of carbonyl (C=O) groups is 1. The number of anilines is 1. The Balaban J connectivity index is 2.88. The van der Waals surface area contributed by atoms with Crippen LogP contribution >= 0.6 is 0 Å². The minimum atomic E-state index is 0.685. The monoisotopic (exact) mass is 203 g/mol. The summed E-state index contributed by atoms with van der Waals surface area (Å²) in [6.45, 7) is 0. The van der Waals surface area contributed by atoms with Gasteiger partial charge in [0.05, 0.1) is 5.39 Å². The number of carbonyl (C=O) groups excluding carboxylic acids is 1. The fraction of sp³-hybridized carbons (Fsp3) is 0.273. The zero-order valence-electron chi connectivity index (χ0n) is 9.06. The first-order valence-electron chi connectivity index (χ1n) is 4.71. The van der Waals surface area contributed by atoms with Gasteiger partial charge in [0.25, 0.3) is 0 Å². The molecule has 0 saturated carbocycles. The highest BCUT2D eigenvalue weighted by atomic mass is 16.1. The van der Waals surface area contributed by atoms with Gasteiger partial charge >= 0.3 is 0 Å². The Morgan fingerprint density at radius 3 is 2.80 bits per heavy atom. The van der Waals surface area contributed by atoms with Crippen LogP contribution in [0.2, 0.25) is 0 Å². The second-order valence-corrected chi connectivity index (χ2v) is 3.74. The molecular weight excluding hydrogens is 190 g/mol. The van der Waals surface area contributed by atoms with Crippen LogP contribution in [0.4, 0.5) is 5.69 Å². The zero-order chi connectivity index (χ0) is 11.0. The van der Waals surface area contributed by atoms with Crippen LogP contribution in [0.15, 0.2) is 18.5 Å². The number of fused-ring (bicyclic) bond motifs is 1. The molecule has 0 aliphatic rings. The van der Waals surface area contributed by atoms with Crippen LogP contribution in [0.1, 0.15) is 10.4 Å². The molecular formula is C11H13N3O. The molecule has 78 valence electrons. The van der Waals surface area contributed by atoms with Gasteiger partial charge in [-0.3, -0.25) is 4.79 Å². The van der Waals surface area contributed by atoms with Gasteiger partial charge in [0.15, 0.2) is 6.29 Å². The van der Waals surface area contributed by atoms with Crippen molar-refractivity contribution >= 4 is 23.0 Å². The standard InChI is InChI=1S/C11H13N3O/c1-13(2)9-4-5-12-11-10(9)8(7-15)6-14(11)3/h4-7H,1-3H3. The van der Waals surface area contributed by atoms with Crippen molar-refractivity contribution in [1.82, 2.24) is 9.55 Å². The maximum Gasteiger partial charge on any atom is 0.152 e. The lowest BCUT2D eigenvalue weighted by Crippen LogP contribution is -2.09. The Labute approximate surface area is 88.1 Å². The average molecular weight is 203 g/mol. The molecule has 0 bridgehead atoms. The first-order valence-corrected chi connectivity index (χ1v) is 4.71. The number of rotatable bonds is 2. The fourth-order valence-electron chi connectivity index (χ4n) is 1.78. The summed E-state index contributed by atoms with van der Waals surface area (Å²) in [7, 11) is 5.80. The predicted molar refractivity (Wildman–Crippen MR) is 60.4 cm³/mol. The van der Waals surface area contributed by atoms with Gasteiger partial charge in [-0.1, -0.05) is 0 Å². The summed E-state index contributed by atoms with van der Waals surface area (Å²) in [5.41, 5.74) is 2.54. The summed E-state index contributed by atoms with van der Waals surface area (Å²) in [5, 5.41) is 0.917. The maximum absolute atomic E-state index is 10.9. The van der Waals surface area contributed by atoms with E-state index in [2.05, 4.69) is 4.98 Å². The third-order valence-corrected chi connectivity index (χ3v) is 2.47. The van der Waals surface area contributed by atoms with E-state index in [4.69, 9.17) is 0 Å². The quantitative estimate of drug-likeness (QED) is 0.693. The van der Waals surface area contributed by atoms with Crippen molar-refractivity contribution in [3.8, 4) is 0 Å². The molecule has 0 spiro atoms. The molecule has 0 unspecified atom stereocenters. The van der Waals surface area contributed by atoms with Gasteiger partial charge in [-0.25, -0.2) is 4.98 Å². The van der Waals surface area contributed by atoms with Gasteiger partial charge in [0.1, 0.15) is 5.65 Å². The molecule has 2 aromatic heterocycles. The molecule has 0 aromatic carbocycles. The number of aromatic nitrogens is 2. The predicted octanol–water partition coefficient (Wildman–Crippen LogP) is 1.45. The Kier molecular flexibility index (Phi) is 2.19. The molecule has 2 rings (SSSR count). The van der Waals surface area contributed by atoms with Crippen LogP contribution in [-0.4, -0.2) is 29.9 Å². The van der Waals surface area contributed by atoms with E-state index in [1.165, 1.54) is 0 Å². The highest BCUT2D eigenvalue weighted by Crippen LogP contribution is 2.27. The number of hydrogen-bond donors (Lipinski definition) is 0. The van der Waals surface area contributed by atoms with Crippen LogP contribution in [0.5, 0.6) is 0 Å². The highest BCUT2D eigenvalue weighted by Gasteiger charge is 2.12. The van der Waals surface area contributed by atoms with Crippen LogP contribution in [0.25, 0.3) is 11.0 Å². The lowest BCUT2D eigenvalue weighted by molar-refractivity contribution is 0.112. The summed E-state index contributed by atoms with van der Waals surface area (Å²) in [6, 6.07) is 1.91. The molecule has 4 nitrogen and oxygen atoms in total. The molecule has 2 heterocycles. The fourth-order valence-corrected chi connectivity index (χ4v) is 1.78. The summed E-state index contributed by atoms with van der Waals surface area (Å²) >= 11 is 0. The second kappa shape index (κ2) is 3.38. The molecule has 4 heteroatoms. The van der Waals surface area contributed by atoms with Gasteiger partial charge < -0.3 is 9.47 Å². The van der Waals surface area contributed by atoms with Crippen LogP contribution in [-0.2, 0) is 7.05 Å². The second-order valence-electron chi connectivity index (χ2n) is 3.74. The van der Waals surface area contributed by atoms with E-state index in [0.29, 0.717) is 5.56 Å². The summed E-state index contributed by atoms with van der Waals surface area (Å²) in [5.74, 6) is 0. The Morgan fingerprint density at radius 1 is 1.47 bits per heavy atom. The molecule has 0 N–H and O–H groups in total. The Morgan fingerprint density at radius 2 is 2.20 bits per heavy atom. The van der Waals surface area contributed by atoms with E-state index in [0.717, 1.165) is 23.0 Å². The third kappa shape index (κ3) is 1.38.